The number of fused-ring (bicyclic) bond motifs is 3. The van der Waals surface area contributed by atoms with E-state index in [1.807, 2.05) is 42.4 Å². The summed E-state index contributed by atoms with van der Waals surface area (Å²) in [6.45, 7) is 8.99. The summed E-state index contributed by atoms with van der Waals surface area (Å²) in [7, 11) is 0. The van der Waals surface area contributed by atoms with Crippen LogP contribution in [0.2, 0.25) is 5.02 Å². The third-order valence-corrected chi connectivity index (χ3v) is 6.37. The van der Waals surface area contributed by atoms with Crippen LogP contribution in [0.3, 0.4) is 0 Å². The molecule has 3 aromatic rings. The molecule has 0 aliphatic carbocycles. The van der Waals surface area contributed by atoms with Crippen molar-refractivity contribution in [3.05, 3.63) is 77.1 Å². The Balaban J connectivity index is 1.82. The second kappa shape index (κ2) is 7.59. The van der Waals surface area contributed by atoms with Gasteiger partial charge in [0.2, 0.25) is 5.91 Å². The lowest BCUT2D eigenvalue weighted by Crippen LogP contribution is -2.46. The van der Waals surface area contributed by atoms with Crippen molar-refractivity contribution in [2.24, 2.45) is 0 Å². The molecule has 4 rings (SSSR count). The molecule has 1 aliphatic rings. The molecule has 30 heavy (non-hydrogen) atoms. The monoisotopic (exact) mass is 421 g/mol. The fourth-order valence-corrected chi connectivity index (χ4v) is 4.97. The van der Waals surface area contributed by atoms with Gasteiger partial charge in [-0.1, -0.05) is 48.0 Å². The van der Waals surface area contributed by atoms with Crippen molar-refractivity contribution in [2.75, 3.05) is 6.54 Å². The van der Waals surface area contributed by atoms with E-state index in [1.165, 1.54) is 5.56 Å². The number of halogens is 1. The minimum atomic E-state index is -0.486. The quantitative estimate of drug-likeness (QED) is 0.527. The number of imidazole rings is 1. The van der Waals surface area contributed by atoms with Gasteiger partial charge in [-0.2, -0.15) is 0 Å². The van der Waals surface area contributed by atoms with E-state index >= 15 is 0 Å². The highest BCUT2D eigenvalue weighted by molar-refractivity contribution is 6.30. The fourth-order valence-electron chi connectivity index (χ4n) is 4.85. The van der Waals surface area contributed by atoms with Crippen molar-refractivity contribution in [1.29, 1.82) is 0 Å². The number of hydrogen-bond acceptors (Lipinski definition) is 2. The molecule has 4 nitrogen and oxygen atoms in total. The van der Waals surface area contributed by atoms with Gasteiger partial charge in [0.05, 0.1) is 5.54 Å². The Morgan fingerprint density at radius 2 is 1.83 bits per heavy atom. The Kier molecular flexibility index (Phi) is 5.23. The van der Waals surface area contributed by atoms with Crippen molar-refractivity contribution >= 4 is 17.5 Å². The van der Waals surface area contributed by atoms with E-state index in [1.54, 1.807) is 0 Å². The maximum absolute atomic E-state index is 13.2. The summed E-state index contributed by atoms with van der Waals surface area (Å²) in [5.74, 6) is 1.11. The second-order valence-corrected chi connectivity index (χ2v) is 9.28. The van der Waals surface area contributed by atoms with E-state index in [-0.39, 0.29) is 11.4 Å². The number of aromatic nitrogens is 2. The number of hydrogen-bond donors (Lipinski definition) is 0. The number of carbonyl (C=O) groups excluding carboxylic acids is 1. The zero-order valence-electron chi connectivity index (χ0n) is 18.0. The van der Waals surface area contributed by atoms with E-state index < -0.39 is 5.54 Å². The van der Waals surface area contributed by atoms with Crippen LogP contribution in [0.5, 0.6) is 0 Å². The third kappa shape index (κ3) is 3.24. The Labute approximate surface area is 183 Å². The first-order valence-electron chi connectivity index (χ1n) is 10.5. The lowest BCUT2D eigenvalue weighted by Gasteiger charge is -2.37. The van der Waals surface area contributed by atoms with E-state index in [2.05, 4.69) is 60.7 Å². The molecule has 1 aromatic heterocycles. The zero-order valence-corrected chi connectivity index (χ0v) is 18.8. The Hall–Kier alpha value is -2.59. The highest BCUT2D eigenvalue weighted by atomic mass is 35.5. The maximum Gasteiger partial charge on any atom is 0.223 e. The largest absolute Gasteiger partial charge is 0.338 e. The van der Waals surface area contributed by atoms with E-state index in [9.17, 15) is 4.79 Å². The average Bonchev–Trinajstić information content (AvgIpc) is 3.28. The molecule has 1 amide bonds. The van der Waals surface area contributed by atoms with E-state index in [0.29, 0.717) is 24.4 Å². The number of rotatable bonds is 5. The van der Waals surface area contributed by atoms with Crippen molar-refractivity contribution in [2.45, 2.75) is 51.6 Å². The molecule has 1 aliphatic heterocycles. The lowest BCUT2D eigenvalue weighted by molar-refractivity contribution is -0.136. The molecule has 156 valence electrons. The lowest BCUT2D eigenvalue weighted by atomic mass is 9.79. The van der Waals surface area contributed by atoms with Gasteiger partial charge in [0, 0.05) is 41.5 Å². The van der Waals surface area contributed by atoms with Crippen LogP contribution in [0.1, 0.15) is 51.7 Å². The Morgan fingerprint density at radius 1 is 1.13 bits per heavy atom. The van der Waals surface area contributed by atoms with Gasteiger partial charge in [-0.25, -0.2) is 4.98 Å². The molecule has 2 aromatic carbocycles. The smallest absolute Gasteiger partial charge is 0.223 e. The molecule has 1 atom stereocenters. The molecular formula is C25H28ClN3O. The predicted molar refractivity (Wildman–Crippen MR) is 122 cm³/mol. The fraction of sp³-hybridized carbons (Fsp3) is 0.360. The van der Waals surface area contributed by atoms with Crippen LogP contribution >= 0.6 is 11.6 Å². The Bertz CT molecular complexity index is 1060. The standard InChI is InChI=1S/C25H28ClN3O/c1-5-28(24(2,3)4)22(30)14-15-25(18-10-12-19(26)13-11-18)21-9-7-6-8-20(21)23-27-16-17-29(23)25/h6-13,16-17H,5,14-15H2,1-4H3. The zero-order chi connectivity index (χ0) is 21.5. The predicted octanol–water partition coefficient (Wildman–Crippen LogP) is 5.74. The summed E-state index contributed by atoms with van der Waals surface area (Å²) in [6.07, 6.45) is 4.96. The van der Waals surface area contributed by atoms with Crippen molar-refractivity contribution in [3.8, 4) is 11.4 Å². The van der Waals surface area contributed by atoms with Gasteiger partial charge >= 0.3 is 0 Å². The molecule has 0 N–H and O–H groups in total. The summed E-state index contributed by atoms with van der Waals surface area (Å²) >= 11 is 6.20. The molecule has 0 saturated heterocycles. The topological polar surface area (TPSA) is 38.1 Å². The van der Waals surface area contributed by atoms with E-state index in [0.717, 1.165) is 17.0 Å². The van der Waals surface area contributed by atoms with Crippen LogP contribution in [0, 0.1) is 0 Å². The average molecular weight is 422 g/mol. The maximum atomic E-state index is 13.2. The van der Waals surface area contributed by atoms with Crippen LogP contribution < -0.4 is 0 Å². The van der Waals surface area contributed by atoms with Crippen molar-refractivity contribution in [1.82, 2.24) is 14.5 Å². The first-order valence-corrected chi connectivity index (χ1v) is 10.9. The first-order chi connectivity index (χ1) is 14.3. The minimum absolute atomic E-state index is 0.171. The summed E-state index contributed by atoms with van der Waals surface area (Å²) in [5.41, 5.74) is 2.73. The van der Waals surface area contributed by atoms with Crippen LogP contribution in [-0.4, -0.2) is 32.4 Å². The minimum Gasteiger partial charge on any atom is -0.338 e. The number of nitrogens with zero attached hydrogens (tertiary/aromatic N) is 3. The van der Waals surface area contributed by atoms with Crippen molar-refractivity contribution in [3.63, 3.8) is 0 Å². The van der Waals surface area contributed by atoms with Gasteiger partial charge in [-0.3, -0.25) is 4.79 Å². The molecule has 2 heterocycles. The van der Waals surface area contributed by atoms with Crippen LogP contribution in [-0.2, 0) is 10.3 Å². The third-order valence-electron chi connectivity index (χ3n) is 6.12. The first kappa shape index (κ1) is 20.7. The summed E-state index contributed by atoms with van der Waals surface area (Å²) in [5, 5.41) is 0.701. The van der Waals surface area contributed by atoms with Crippen molar-refractivity contribution < 1.29 is 4.79 Å². The molecule has 0 fully saturated rings. The second-order valence-electron chi connectivity index (χ2n) is 8.84. The molecule has 0 bridgehead atoms. The molecular weight excluding hydrogens is 394 g/mol. The van der Waals surface area contributed by atoms with Gasteiger partial charge < -0.3 is 9.47 Å². The number of carbonyl (C=O) groups is 1. The molecule has 1 unspecified atom stereocenters. The van der Waals surface area contributed by atoms with Crippen LogP contribution in [0.15, 0.2) is 60.9 Å². The van der Waals surface area contributed by atoms with Gasteiger partial charge in [-0.05, 0) is 57.4 Å². The van der Waals surface area contributed by atoms with Gasteiger partial charge in [-0.15, -0.1) is 0 Å². The molecule has 0 spiro atoms. The van der Waals surface area contributed by atoms with E-state index in [4.69, 9.17) is 11.6 Å². The highest BCUT2D eigenvalue weighted by Gasteiger charge is 2.45. The molecule has 0 radical (unpaired) electrons. The summed E-state index contributed by atoms with van der Waals surface area (Å²) in [4.78, 5) is 19.8. The van der Waals surface area contributed by atoms with Gasteiger partial charge in [0.1, 0.15) is 5.82 Å². The number of benzene rings is 2. The number of amides is 1. The Morgan fingerprint density at radius 3 is 2.50 bits per heavy atom. The van der Waals surface area contributed by atoms with Gasteiger partial charge in [0.25, 0.3) is 0 Å². The van der Waals surface area contributed by atoms with Crippen LogP contribution in [0.25, 0.3) is 11.4 Å². The SMILES string of the molecule is CCN(C(=O)CCC1(c2ccc(Cl)cc2)c2ccccc2-c2nccn21)C(C)(C)C. The van der Waals surface area contributed by atoms with Gasteiger partial charge in [0.15, 0.2) is 0 Å². The summed E-state index contributed by atoms with van der Waals surface area (Å²) in [6, 6.07) is 16.4. The molecule has 0 saturated carbocycles. The highest BCUT2D eigenvalue weighted by Crippen LogP contribution is 2.49. The molecule has 5 heteroatoms. The normalized spacial score (nSPS) is 17.5. The van der Waals surface area contributed by atoms with Crippen LogP contribution in [0.4, 0.5) is 0 Å². The summed E-state index contributed by atoms with van der Waals surface area (Å²) < 4.78 is 2.22.